The number of carbonyl (C=O) groups is 1. The number of rotatable bonds is 3. The molecule has 0 bridgehead atoms. The Morgan fingerprint density at radius 3 is 2.69 bits per heavy atom. The third kappa shape index (κ3) is 2.13. The molecule has 1 saturated carbocycles. The van der Waals surface area contributed by atoms with Crippen LogP contribution in [0.4, 0.5) is 5.82 Å². The third-order valence-corrected chi connectivity index (χ3v) is 3.14. The molecule has 16 heavy (non-hydrogen) atoms. The van der Waals surface area contributed by atoms with Gasteiger partial charge in [-0.05, 0) is 37.8 Å². The SMILES string of the molecule is CC(C1CC1)N(C)C(=O)c1ccc(N)nn1. The van der Waals surface area contributed by atoms with Gasteiger partial charge in [0.05, 0.1) is 0 Å². The lowest BCUT2D eigenvalue weighted by Gasteiger charge is -2.24. The zero-order valence-corrected chi connectivity index (χ0v) is 9.55. The summed E-state index contributed by atoms with van der Waals surface area (Å²) in [6.07, 6.45) is 2.43. The molecule has 0 aliphatic heterocycles. The zero-order valence-electron chi connectivity index (χ0n) is 9.55. The summed E-state index contributed by atoms with van der Waals surface area (Å²) in [6, 6.07) is 3.48. The van der Waals surface area contributed by atoms with Crippen LogP contribution in [0.3, 0.4) is 0 Å². The highest BCUT2D eigenvalue weighted by atomic mass is 16.2. The number of hydrogen-bond donors (Lipinski definition) is 1. The van der Waals surface area contributed by atoms with Crippen LogP contribution in [0.5, 0.6) is 0 Å². The Bertz CT molecular complexity index is 385. The first-order valence-corrected chi connectivity index (χ1v) is 5.46. The van der Waals surface area contributed by atoms with Gasteiger partial charge in [-0.3, -0.25) is 4.79 Å². The van der Waals surface area contributed by atoms with Crippen LogP contribution >= 0.6 is 0 Å². The number of nitrogens with zero attached hydrogens (tertiary/aromatic N) is 3. The lowest BCUT2D eigenvalue weighted by molar-refractivity contribution is 0.0720. The summed E-state index contributed by atoms with van der Waals surface area (Å²) in [6.45, 7) is 2.07. The summed E-state index contributed by atoms with van der Waals surface area (Å²) in [4.78, 5) is 13.7. The second kappa shape index (κ2) is 4.08. The highest BCUT2D eigenvalue weighted by Crippen LogP contribution is 2.34. The second-order valence-electron chi connectivity index (χ2n) is 4.34. The fraction of sp³-hybridized carbons (Fsp3) is 0.545. The molecule has 0 spiro atoms. The van der Waals surface area contributed by atoms with Crippen molar-refractivity contribution < 1.29 is 4.79 Å². The lowest BCUT2D eigenvalue weighted by Crippen LogP contribution is -2.37. The molecule has 0 aromatic carbocycles. The Hall–Kier alpha value is -1.65. The van der Waals surface area contributed by atoms with Crippen LogP contribution < -0.4 is 5.73 Å². The van der Waals surface area contributed by atoms with Crippen molar-refractivity contribution in [3.8, 4) is 0 Å². The van der Waals surface area contributed by atoms with Crippen molar-refractivity contribution in [2.24, 2.45) is 5.92 Å². The van der Waals surface area contributed by atoms with Crippen molar-refractivity contribution in [3.05, 3.63) is 17.8 Å². The van der Waals surface area contributed by atoms with Crippen LogP contribution in [-0.2, 0) is 0 Å². The van der Waals surface area contributed by atoms with Gasteiger partial charge < -0.3 is 10.6 Å². The molecule has 1 aromatic rings. The van der Waals surface area contributed by atoms with Gasteiger partial charge in [0.1, 0.15) is 5.82 Å². The predicted octanol–water partition coefficient (Wildman–Crippen LogP) is 0.929. The number of nitrogen functional groups attached to an aromatic ring is 1. The topological polar surface area (TPSA) is 72.1 Å². The minimum absolute atomic E-state index is 0.0908. The van der Waals surface area contributed by atoms with E-state index in [1.165, 1.54) is 12.8 Å². The summed E-state index contributed by atoms with van der Waals surface area (Å²) < 4.78 is 0. The first-order chi connectivity index (χ1) is 7.59. The van der Waals surface area contributed by atoms with Gasteiger partial charge in [-0.25, -0.2) is 0 Å². The van der Waals surface area contributed by atoms with E-state index in [4.69, 9.17) is 5.73 Å². The Morgan fingerprint density at radius 1 is 1.50 bits per heavy atom. The number of aromatic nitrogens is 2. The predicted molar refractivity (Wildman–Crippen MR) is 60.7 cm³/mol. The van der Waals surface area contributed by atoms with E-state index in [0.717, 1.165) is 0 Å². The number of nitrogens with two attached hydrogens (primary N) is 1. The quantitative estimate of drug-likeness (QED) is 0.822. The fourth-order valence-electron chi connectivity index (χ4n) is 1.72. The molecule has 1 unspecified atom stereocenters. The van der Waals surface area contributed by atoms with Crippen LogP contribution in [0.15, 0.2) is 12.1 Å². The van der Waals surface area contributed by atoms with Gasteiger partial charge >= 0.3 is 0 Å². The number of carbonyl (C=O) groups excluding carboxylic acids is 1. The first kappa shape index (κ1) is 10.9. The molecule has 0 radical (unpaired) electrons. The molecule has 5 heteroatoms. The number of hydrogen-bond acceptors (Lipinski definition) is 4. The van der Waals surface area contributed by atoms with Crippen LogP contribution in [-0.4, -0.2) is 34.1 Å². The molecular formula is C11H16N4O. The van der Waals surface area contributed by atoms with E-state index in [2.05, 4.69) is 17.1 Å². The van der Waals surface area contributed by atoms with E-state index in [0.29, 0.717) is 17.4 Å². The van der Waals surface area contributed by atoms with Crippen LogP contribution in [0.1, 0.15) is 30.3 Å². The monoisotopic (exact) mass is 220 g/mol. The van der Waals surface area contributed by atoms with E-state index < -0.39 is 0 Å². The van der Waals surface area contributed by atoms with Gasteiger partial charge in [0.15, 0.2) is 5.69 Å². The van der Waals surface area contributed by atoms with Crippen molar-refractivity contribution in [2.45, 2.75) is 25.8 Å². The van der Waals surface area contributed by atoms with Gasteiger partial charge in [-0.1, -0.05) is 0 Å². The summed E-state index contributed by atoms with van der Waals surface area (Å²) in [5.41, 5.74) is 5.77. The maximum absolute atomic E-state index is 12.0. The summed E-state index contributed by atoms with van der Waals surface area (Å²) >= 11 is 0. The molecule has 1 atom stereocenters. The first-order valence-electron chi connectivity index (χ1n) is 5.46. The van der Waals surface area contributed by atoms with Gasteiger partial charge in [0, 0.05) is 13.1 Å². The molecule has 0 saturated heterocycles. The largest absolute Gasteiger partial charge is 0.382 e. The van der Waals surface area contributed by atoms with E-state index >= 15 is 0 Å². The maximum Gasteiger partial charge on any atom is 0.274 e. The Balaban J connectivity index is 2.08. The highest BCUT2D eigenvalue weighted by molar-refractivity contribution is 5.92. The molecular weight excluding hydrogens is 204 g/mol. The molecule has 1 fully saturated rings. The Morgan fingerprint density at radius 2 is 2.19 bits per heavy atom. The molecule has 2 N–H and O–H groups in total. The molecule has 2 rings (SSSR count). The fourth-order valence-corrected chi connectivity index (χ4v) is 1.72. The molecule has 5 nitrogen and oxygen atoms in total. The normalized spacial score (nSPS) is 16.9. The second-order valence-corrected chi connectivity index (χ2v) is 4.34. The molecule has 1 aliphatic rings. The minimum Gasteiger partial charge on any atom is -0.382 e. The molecule has 1 amide bonds. The van der Waals surface area contributed by atoms with Gasteiger partial charge in [-0.2, -0.15) is 0 Å². The van der Waals surface area contributed by atoms with Crippen molar-refractivity contribution >= 4 is 11.7 Å². The lowest BCUT2D eigenvalue weighted by atomic mass is 10.2. The zero-order chi connectivity index (χ0) is 11.7. The summed E-state index contributed by atoms with van der Waals surface area (Å²) in [5.74, 6) is 0.886. The van der Waals surface area contributed by atoms with Gasteiger partial charge in [0.2, 0.25) is 0 Å². The van der Waals surface area contributed by atoms with Gasteiger partial charge in [0.25, 0.3) is 5.91 Å². The molecule has 1 heterocycles. The van der Waals surface area contributed by atoms with E-state index in [9.17, 15) is 4.79 Å². The average molecular weight is 220 g/mol. The smallest absolute Gasteiger partial charge is 0.274 e. The molecule has 1 aliphatic carbocycles. The van der Waals surface area contributed by atoms with Crippen molar-refractivity contribution in [1.82, 2.24) is 15.1 Å². The van der Waals surface area contributed by atoms with Crippen molar-refractivity contribution in [3.63, 3.8) is 0 Å². The standard InChI is InChI=1S/C11H16N4O/c1-7(8-3-4-8)15(2)11(16)9-5-6-10(12)14-13-9/h5-8H,3-4H2,1-2H3,(H2,12,14). The molecule has 86 valence electrons. The minimum atomic E-state index is -0.0908. The maximum atomic E-state index is 12.0. The van der Waals surface area contributed by atoms with E-state index in [1.807, 2.05) is 7.05 Å². The number of amides is 1. The van der Waals surface area contributed by atoms with Crippen LogP contribution in [0.2, 0.25) is 0 Å². The highest BCUT2D eigenvalue weighted by Gasteiger charge is 2.33. The van der Waals surface area contributed by atoms with Crippen LogP contribution in [0, 0.1) is 5.92 Å². The third-order valence-electron chi connectivity index (χ3n) is 3.14. The number of anilines is 1. The van der Waals surface area contributed by atoms with Gasteiger partial charge in [-0.15, -0.1) is 10.2 Å². The van der Waals surface area contributed by atoms with E-state index in [1.54, 1.807) is 17.0 Å². The summed E-state index contributed by atoms with van der Waals surface area (Å²) in [7, 11) is 1.81. The van der Waals surface area contributed by atoms with Crippen LogP contribution in [0.25, 0.3) is 0 Å². The average Bonchev–Trinajstić information content (AvgIpc) is 3.11. The Kier molecular flexibility index (Phi) is 2.77. The Labute approximate surface area is 94.6 Å². The van der Waals surface area contributed by atoms with Crippen molar-refractivity contribution in [1.29, 1.82) is 0 Å². The van der Waals surface area contributed by atoms with Crippen molar-refractivity contribution in [2.75, 3.05) is 12.8 Å². The van der Waals surface area contributed by atoms with E-state index in [-0.39, 0.29) is 11.9 Å². The summed E-state index contributed by atoms with van der Waals surface area (Å²) in [5, 5.41) is 7.48. The molecule has 1 aromatic heterocycles.